The fourth-order valence-corrected chi connectivity index (χ4v) is 1.43. The molecule has 14 heavy (non-hydrogen) atoms. The molecule has 0 bridgehead atoms. The molecular formula is C10H18N2O2. The summed E-state index contributed by atoms with van der Waals surface area (Å²) in [7, 11) is 1.59. The van der Waals surface area contributed by atoms with Gasteiger partial charge >= 0.3 is 0 Å². The molecule has 1 rings (SSSR count). The minimum atomic E-state index is -0.505. The smallest absolute Gasteiger partial charge is 0.162 e. The lowest BCUT2D eigenvalue weighted by atomic mass is 10.2. The summed E-state index contributed by atoms with van der Waals surface area (Å²) in [5.41, 5.74) is 0.769. The van der Waals surface area contributed by atoms with E-state index in [1.807, 2.05) is 20.8 Å². The second kappa shape index (κ2) is 4.46. The molecule has 80 valence electrons. The number of rotatable bonds is 4. The Morgan fingerprint density at radius 1 is 1.57 bits per heavy atom. The molecule has 1 N–H and O–H groups in total. The van der Waals surface area contributed by atoms with Crippen molar-refractivity contribution in [3.8, 4) is 5.75 Å². The molecule has 0 aliphatic carbocycles. The predicted octanol–water partition coefficient (Wildman–Crippen LogP) is 1.92. The average molecular weight is 198 g/mol. The molecule has 1 aromatic heterocycles. The van der Waals surface area contributed by atoms with E-state index in [1.54, 1.807) is 18.0 Å². The highest BCUT2D eigenvalue weighted by Gasteiger charge is 2.19. The quantitative estimate of drug-likeness (QED) is 0.804. The first-order valence-corrected chi connectivity index (χ1v) is 4.91. The van der Waals surface area contributed by atoms with Crippen LogP contribution < -0.4 is 4.74 Å². The Balaban J connectivity index is 3.12. The zero-order valence-corrected chi connectivity index (χ0v) is 9.19. The van der Waals surface area contributed by atoms with Crippen LogP contribution in [-0.2, 0) is 0 Å². The maximum Gasteiger partial charge on any atom is 0.162 e. The van der Waals surface area contributed by atoms with Crippen LogP contribution in [0.2, 0.25) is 0 Å². The molecule has 0 spiro atoms. The van der Waals surface area contributed by atoms with Crippen molar-refractivity contribution >= 4 is 0 Å². The van der Waals surface area contributed by atoms with Gasteiger partial charge in [-0.05, 0) is 20.3 Å². The largest absolute Gasteiger partial charge is 0.493 e. The number of nitrogens with zero attached hydrogens (tertiary/aromatic N) is 2. The van der Waals surface area contributed by atoms with E-state index in [-0.39, 0.29) is 6.04 Å². The van der Waals surface area contributed by atoms with Gasteiger partial charge in [0.05, 0.1) is 19.4 Å². The SMILES string of the molecule is CCC(O)c1c(OC)cnn1C(C)C. The minimum Gasteiger partial charge on any atom is -0.493 e. The highest BCUT2D eigenvalue weighted by Crippen LogP contribution is 2.28. The molecule has 0 aliphatic heterocycles. The van der Waals surface area contributed by atoms with Crippen LogP contribution >= 0.6 is 0 Å². The second-order valence-corrected chi connectivity index (χ2v) is 3.56. The number of hydrogen-bond acceptors (Lipinski definition) is 3. The maximum atomic E-state index is 9.82. The number of aliphatic hydroxyl groups is 1. The molecule has 4 heteroatoms. The molecule has 0 saturated heterocycles. The molecule has 0 aromatic carbocycles. The van der Waals surface area contributed by atoms with Crippen molar-refractivity contribution in [3.63, 3.8) is 0 Å². The summed E-state index contributed by atoms with van der Waals surface area (Å²) in [6, 6.07) is 0.232. The summed E-state index contributed by atoms with van der Waals surface area (Å²) >= 11 is 0. The van der Waals surface area contributed by atoms with Gasteiger partial charge in [-0.15, -0.1) is 0 Å². The van der Waals surface area contributed by atoms with Crippen molar-refractivity contribution in [1.82, 2.24) is 9.78 Å². The van der Waals surface area contributed by atoms with E-state index in [1.165, 1.54) is 0 Å². The molecule has 0 amide bonds. The lowest BCUT2D eigenvalue weighted by Crippen LogP contribution is -2.11. The summed E-state index contributed by atoms with van der Waals surface area (Å²) in [5.74, 6) is 0.660. The van der Waals surface area contributed by atoms with Crippen LogP contribution in [0, 0.1) is 0 Å². The van der Waals surface area contributed by atoms with E-state index in [4.69, 9.17) is 4.74 Å². The number of methoxy groups -OCH3 is 1. The fraction of sp³-hybridized carbons (Fsp3) is 0.700. The van der Waals surface area contributed by atoms with Gasteiger partial charge in [-0.2, -0.15) is 5.10 Å². The Morgan fingerprint density at radius 3 is 2.64 bits per heavy atom. The predicted molar refractivity (Wildman–Crippen MR) is 54.4 cm³/mol. The first-order valence-electron chi connectivity index (χ1n) is 4.91. The average Bonchev–Trinajstić information content (AvgIpc) is 2.59. The lowest BCUT2D eigenvalue weighted by Gasteiger charge is -2.15. The van der Waals surface area contributed by atoms with Gasteiger partial charge in [0.15, 0.2) is 5.75 Å². The van der Waals surface area contributed by atoms with Crippen LogP contribution in [0.4, 0.5) is 0 Å². The number of aliphatic hydroxyl groups excluding tert-OH is 1. The van der Waals surface area contributed by atoms with E-state index < -0.39 is 6.10 Å². The van der Waals surface area contributed by atoms with Crippen molar-refractivity contribution < 1.29 is 9.84 Å². The van der Waals surface area contributed by atoms with Crippen LogP contribution in [0.1, 0.15) is 45.0 Å². The van der Waals surface area contributed by atoms with Crippen LogP contribution in [0.15, 0.2) is 6.20 Å². The summed E-state index contributed by atoms with van der Waals surface area (Å²) < 4.78 is 6.95. The van der Waals surface area contributed by atoms with Crippen molar-refractivity contribution in [2.24, 2.45) is 0 Å². The number of ether oxygens (including phenoxy) is 1. The minimum absolute atomic E-state index is 0.232. The standard InChI is InChI=1S/C10H18N2O2/c1-5-8(13)10-9(14-4)6-11-12(10)7(2)3/h6-8,13H,5H2,1-4H3. The normalized spacial score (nSPS) is 13.3. The van der Waals surface area contributed by atoms with Crippen LogP contribution in [0.3, 0.4) is 0 Å². The van der Waals surface area contributed by atoms with Crippen LogP contribution in [0.5, 0.6) is 5.75 Å². The van der Waals surface area contributed by atoms with Gasteiger partial charge in [0.1, 0.15) is 5.69 Å². The lowest BCUT2D eigenvalue weighted by molar-refractivity contribution is 0.156. The number of hydrogen-bond donors (Lipinski definition) is 1. The highest BCUT2D eigenvalue weighted by atomic mass is 16.5. The number of aromatic nitrogens is 2. The van der Waals surface area contributed by atoms with E-state index in [0.29, 0.717) is 12.2 Å². The van der Waals surface area contributed by atoms with Gasteiger partial charge in [0, 0.05) is 6.04 Å². The summed E-state index contributed by atoms with van der Waals surface area (Å²) in [6.45, 7) is 5.98. The summed E-state index contributed by atoms with van der Waals surface area (Å²) in [4.78, 5) is 0. The zero-order valence-electron chi connectivity index (χ0n) is 9.19. The molecule has 0 aliphatic rings. The van der Waals surface area contributed by atoms with Crippen LogP contribution in [0.25, 0.3) is 0 Å². The molecule has 1 unspecified atom stereocenters. The molecule has 0 fully saturated rings. The van der Waals surface area contributed by atoms with Crippen LogP contribution in [-0.4, -0.2) is 22.0 Å². The van der Waals surface area contributed by atoms with Crippen molar-refractivity contribution in [3.05, 3.63) is 11.9 Å². The molecule has 1 heterocycles. The third-order valence-electron chi connectivity index (χ3n) is 2.21. The Labute approximate surface area is 84.5 Å². The third-order valence-corrected chi connectivity index (χ3v) is 2.21. The monoisotopic (exact) mass is 198 g/mol. The van der Waals surface area contributed by atoms with Gasteiger partial charge in [-0.1, -0.05) is 6.92 Å². The van der Waals surface area contributed by atoms with E-state index in [2.05, 4.69) is 5.10 Å². The van der Waals surface area contributed by atoms with Crippen molar-refractivity contribution in [1.29, 1.82) is 0 Å². The van der Waals surface area contributed by atoms with Crippen molar-refractivity contribution in [2.75, 3.05) is 7.11 Å². The first kappa shape index (κ1) is 11.0. The van der Waals surface area contributed by atoms with Gasteiger partial charge in [0.25, 0.3) is 0 Å². The van der Waals surface area contributed by atoms with E-state index in [9.17, 15) is 5.11 Å². The van der Waals surface area contributed by atoms with Gasteiger partial charge in [0.2, 0.25) is 0 Å². The van der Waals surface area contributed by atoms with Gasteiger partial charge in [-0.25, -0.2) is 0 Å². The third kappa shape index (κ3) is 1.90. The fourth-order valence-electron chi connectivity index (χ4n) is 1.43. The van der Waals surface area contributed by atoms with Gasteiger partial charge < -0.3 is 9.84 Å². The zero-order chi connectivity index (χ0) is 10.7. The molecule has 0 saturated carbocycles. The molecule has 1 aromatic rings. The Kier molecular flexibility index (Phi) is 3.52. The van der Waals surface area contributed by atoms with Crippen molar-refractivity contribution in [2.45, 2.75) is 39.3 Å². The van der Waals surface area contributed by atoms with E-state index in [0.717, 1.165) is 5.69 Å². The summed E-state index contributed by atoms with van der Waals surface area (Å²) in [5, 5.41) is 14.0. The molecule has 1 atom stereocenters. The Morgan fingerprint density at radius 2 is 2.21 bits per heavy atom. The van der Waals surface area contributed by atoms with Gasteiger partial charge in [-0.3, -0.25) is 4.68 Å². The molecule has 0 radical (unpaired) electrons. The summed E-state index contributed by atoms with van der Waals surface area (Å²) in [6.07, 6.45) is 1.80. The van der Waals surface area contributed by atoms with E-state index >= 15 is 0 Å². The maximum absolute atomic E-state index is 9.82. The highest BCUT2D eigenvalue weighted by molar-refractivity contribution is 5.27. The first-order chi connectivity index (χ1) is 6.61. The second-order valence-electron chi connectivity index (χ2n) is 3.56. The Bertz CT molecular complexity index is 294. The molecule has 4 nitrogen and oxygen atoms in total. The topological polar surface area (TPSA) is 47.3 Å². The molecular weight excluding hydrogens is 180 g/mol. The Hall–Kier alpha value is -1.03.